The van der Waals surface area contributed by atoms with Crippen molar-refractivity contribution >= 4 is 0 Å². The molecule has 2 aromatic rings. The second-order valence-corrected chi connectivity index (χ2v) is 10.4. The summed E-state index contributed by atoms with van der Waals surface area (Å²) in [7, 11) is 1.72. The Kier molecular flexibility index (Phi) is 6.18. The van der Waals surface area contributed by atoms with Gasteiger partial charge in [-0.3, -0.25) is 4.90 Å². The van der Waals surface area contributed by atoms with Gasteiger partial charge in [0.15, 0.2) is 11.5 Å². The van der Waals surface area contributed by atoms with Gasteiger partial charge in [-0.05, 0) is 67.7 Å². The van der Waals surface area contributed by atoms with Crippen LogP contribution in [0.1, 0.15) is 62.5 Å². The van der Waals surface area contributed by atoms with Crippen LogP contribution in [-0.4, -0.2) is 42.4 Å². The molecule has 0 spiro atoms. The van der Waals surface area contributed by atoms with Gasteiger partial charge in [0, 0.05) is 31.0 Å². The molecule has 3 fully saturated rings. The highest BCUT2D eigenvalue weighted by Crippen LogP contribution is 2.52. The standard InChI is InChI=1S/C28H37NO3/c1-28(27(30)21-12-13-21)19-29(17-20-8-4-3-5-9-20)18-24(28)22-14-15-25(31-2)26(16-22)32-23-10-6-7-11-23/h3-5,8-9,14-16,21,23-24,27,30H,6-7,10-13,17-19H2,1-2H3. The van der Waals surface area contributed by atoms with E-state index in [0.29, 0.717) is 12.0 Å². The van der Waals surface area contributed by atoms with Crippen molar-refractivity contribution in [1.29, 1.82) is 0 Å². The molecule has 0 bridgehead atoms. The van der Waals surface area contributed by atoms with Gasteiger partial charge in [-0.25, -0.2) is 0 Å². The molecule has 4 nitrogen and oxygen atoms in total. The topological polar surface area (TPSA) is 41.9 Å². The second kappa shape index (κ2) is 9.07. The number of benzene rings is 2. The minimum Gasteiger partial charge on any atom is -0.493 e. The molecule has 5 rings (SSSR count). The zero-order valence-corrected chi connectivity index (χ0v) is 19.5. The van der Waals surface area contributed by atoms with Crippen LogP contribution in [0.15, 0.2) is 48.5 Å². The van der Waals surface area contributed by atoms with Crippen LogP contribution in [0.4, 0.5) is 0 Å². The average Bonchev–Trinajstić information content (AvgIpc) is 3.43. The Bertz CT molecular complexity index is 906. The molecule has 2 aliphatic carbocycles. The summed E-state index contributed by atoms with van der Waals surface area (Å²) in [5.41, 5.74) is 2.42. The van der Waals surface area contributed by atoms with E-state index in [2.05, 4.69) is 60.4 Å². The first-order valence-corrected chi connectivity index (χ1v) is 12.4. The third kappa shape index (κ3) is 4.40. The van der Waals surface area contributed by atoms with Gasteiger partial charge >= 0.3 is 0 Å². The summed E-state index contributed by atoms with van der Waals surface area (Å²) < 4.78 is 12.0. The summed E-state index contributed by atoms with van der Waals surface area (Å²) >= 11 is 0. The number of hydrogen-bond donors (Lipinski definition) is 1. The van der Waals surface area contributed by atoms with Crippen molar-refractivity contribution in [2.24, 2.45) is 11.3 Å². The van der Waals surface area contributed by atoms with Gasteiger partial charge in [0.1, 0.15) is 0 Å². The quantitative estimate of drug-likeness (QED) is 0.603. The first kappa shape index (κ1) is 21.8. The van der Waals surface area contributed by atoms with Crippen molar-refractivity contribution < 1.29 is 14.6 Å². The Balaban J connectivity index is 1.43. The minimum absolute atomic E-state index is 0.171. The fourth-order valence-corrected chi connectivity index (χ4v) is 6.01. The van der Waals surface area contributed by atoms with E-state index in [1.807, 2.05) is 0 Å². The fraction of sp³-hybridized carbons (Fsp3) is 0.571. The lowest BCUT2D eigenvalue weighted by Crippen LogP contribution is -2.40. The Labute approximate surface area is 192 Å². The predicted molar refractivity (Wildman–Crippen MR) is 127 cm³/mol. The second-order valence-electron chi connectivity index (χ2n) is 10.4. The third-order valence-corrected chi connectivity index (χ3v) is 7.98. The maximum atomic E-state index is 11.4. The van der Waals surface area contributed by atoms with Gasteiger partial charge in [-0.15, -0.1) is 0 Å². The first-order chi connectivity index (χ1) is 15.6. The molecule has 0 radical (unpaired) electrons. The molecule has 1 saturated heterocycles. The van der Waals surface area contributed by atoms with E-state index in [0.717, 1.165) is 56.8 Å². The molecule has 32 heavy (non-hydrogen) atoms. The van der Waals surface area contributed by atoms with Gasteiger partial charge in [0.2, 0.25) is 0 Å². The minimum atomic E-state index is -0.269. The normalized spacial score (nSPS) is 27.5. The summed E-state index contributed by atoms with van der Waals surface area (Å²) in [6.07, 6.45) is 7.07. The number of nitrogens with zero attached hydrogens (tertiary/aromatic N) is 1. The van der Waals surface area contributed by atoms with Crippen molar-refractivity contribution in [2.45, 2.75) is 70.1 Å². The molecule has 4 heteroatoms. The summed E-state index contributed by atoms with van der Waals surface area (Å²) in [5, 5.41) is 11.4. The van der Waals surface area contributed by atoms with Gasteiger partial charge in [-0.2, -0.15) is 0 Å². The molecule has 3 unspecified atom stereocenters. The lowest BCUT2D eigenvalue weighted by molar-refractivity contribution is 0.0157. The monoisotopic (exact) mass is 435 g/mol. The van der Waals surface area contributed by atoms with Crippen LogP contribution in [-0.2, 0) is 6.54 Å². The number of hydrogen-bond acceptors (Lipinski definition) is 4. The fourth-order valence-electron chi connectivity index (χ4n) is 6.01. The van der Waals surface area contributed by atoms with Crippen LogP contribution in [0.2, 0.25) is 0 Å². The highest BCUT2D eigenvalue weighted by molar-refractivity contribution is 5.45. The molecule has 2 saturated carbocycles. The van der Waals surface area contributed by atoms with Crippen LogP contribution in [0, 0.1) is 11.3 Å². The zero-order valence-electron chi connectivity index (χ0n) is 19.5. The highest BCUT2D eigenvalue weighted by Gasteiger charge is 2.52. The van der Waals surface area contributed by atoms with Crippen molar-refractivity contribution in [3.63, 3.8) is 0 Å². The van der Waals surface area contributed by atoms with Crippen molar-refractivity contribution in [2.75, 3.05) is 20.2 Å². The van der Waals surface area contributed by atoms with E-state index in [9.17, 15) is 5.11 Å². The van der Waals surface area contributed by atoms with Gasteiger partial charge < -0.3 is 14.6 Å². The van der Waals surface area contributed by atoms with Crippen LogP contribution >= 0.6 is 0 Å². The SMILES string of the molecule is COc1ccc(C2CN(Cc3ccccc3)CC2(C)C(O)C2CC2)cc1OC1CCCC1. The average molecular weight is 436 g/mol. The van der Waals surface area contributed by atoms with E-state index in [4.69, 9.17) is 9.47 Å². The first-order valence-electron chi connectivity index (χ1n) is 12.4. The van der Waals surface area contributed by atoms with Gasteiger partial charge in [0.05, 0.1) is 19.3 Å². The highest BCUT2D eigenvalue weighted by atomic mass is 16.5. The summed E-state index contributed by atoms with van der Waals surface area (Å²) in [5.74, 6) is 2.39. The van der Waals surface area contributed by atoms with Gasteiger partial charge in [0.25, 0.3) is 0 Å². The smallest absolute Gasteiger partial charge is 0.161 e. The lowest BCUT2D eigenvalue weighted by atomic mass is 9.70. The molecule has 1 N–H and O–H groups in total. The number of rotatable bonds is 8. The molecule has 1 aliphatic heterocycles. The van der Waals surface area contributed by atoms with Gasteiger partial charge in [-0.1, -0.05) is 43.3 Å². The van der Waals surface area contributed by atoms with E-state index < -0.39 is 0 Å². The van der Waals surface area contributed by atoms with Crippen molar-refractivity contribution in [1.82, 2.24) is 4.90 Å². The maximum absolute atomic E-state index is 11.4. The molecule has 0 amide bonds. The number of methoxy groups -OCH3 is 1. The Morgan fingerprint density at radius 2 is 1.78 bits per heavy atom. The van der Waals surface area contributed by atoms with Crippen molar-refractivity contribution in [3.05, 3.63) is 59.7 Å². The molecule has 3 aliphatic rings. The molecular formula is C28H37NO3. The van der Waals surface area contributed by atoms with Crippen LogP contribution in [0.3, 0.4) is 0 Å². The van der Waals surface area contributed by atoms with E-state index >= 15 is 0 Å². The van der Waals surface area contributed by atoms with E-state index in [1.54, 1.807) is 7.11 Å². The summed E-state index contributed by atoms with van der Waals surface area (Å²) in [4.78, 5) is 2.52. The third-order valence-electron chi connectivity index (χ3n) is 7.98. The zero-order chi connectivity index (χ0) is 22.1. The van der Waals surface area contributed by atoms with Crippen molar-refractivity contribution in [3.8, 4) is 11.5 Å². The van der Waals surface area contributed by atoms with Crippen LogP contribution in [0.5, 0.6) is 11.5 Å². The molecule has 3 atom stereocenters. The molecule has 172 valence electrons. The largest absolute Gasteiger partial charge is 0.493 e. The molecule has 1 heterocycles. The van der Waals surface area contributed by atoms with E-state index in [1.165, 1.54) is 24.0 Å². The maximum Gasteiger partial charge on any atom is 0.161 e. The summed E-state index contributed by atoms with van der Waals surface area (Å²) in [6, 6.07) is 17.1. The Morgan fingerprint density at radius 3 is 2.47 bits per heavy atom. The van der Waals surface area contributed by atoms with Crippen LogP contribution < -0.4 is 9.47 Å². The number of likely N-dealkylation sites (tertiary alicyclic amines) is 1. The summed E-state index contributed by atoms with van der Waals surface area (Å²) in [6.45, 7) is 5.08. The van der Waals surface area contributed by atoms with E-state index in [-0.39, 0.29) is 17.4 Å². The van der Waals surface area contributed by atoms with Crippen LogP contribution in [0.25, 0.3) is 0 Å². The lowest BCUT2D eigenvalue weighted by Gasteiger charge is -2.36. The molecule has 2 aromatic carbocycles. The Morgan fingerprint density at radius 1 is 1.03 bits per heavy atom. The Hall–Kier alpha value is -2.04. The number of aliphatic hydroxyl groups is 1. The molecule has 0 aromatic heterocycles. The molecular weight excluding hydrogens is 398 g/mol. The number of ether oxygens (including phenoxy) is 2. The number of aliphatic hydroxyl groups excluding tert-OH is 1. The predicted octanol–water partition coefficient (Wildman–Crippen LogP) is 5.39.